The van der Waals surface area contributed by atoms with Crippen LogP contribution in [0.1, 0.15) is 5.76 Å². The van der Waals surface area contributed by atoms with Gasteiger partial charge in [0.25, 0.3) is 0 Å². The highest BCUT2D eigenvalue weighted by molar-refractivity contribution is 5.25. The lowest BCUT2D eigenvalue weighted by molar-refractivity contribution is 0.314. The van der Waals surface area contributed by atoms with E-state index in [4.69, 9.17) is 4.74 Å². The summed E-state index contributed by atoms with van der Waals surface area (Å²) < 4.78 is 14.6. The van der Waals surface area contributed by atoms with Crippen molar-refractivity contribution < 1.29 is 13.6 Å². The third-order valence-corrected chi connectivity index (χ3v) is 1.65. The van der Waals surface area contributed by atoms with Crippen LogP contribution in [0.15, 0.2) is 44.0 Å². The monoisotopic (exact) mass is 192 g/mol. The first-order chi connectivity index (χ1) is 6.75. The van der Waals surface area contributed by atoms with Crippen LogP contribution in [0.2, 0.25) is 0 Å². The number of hydrogen-bond acceptors (Lipinski definition) is 4. The molecule has 72 valence electrons. The van der Waals surface area contributed by atoms with Crippen LogP contribution < -0.4 is 10.6 Å². The predicted octanol–water partition coefficient (Wildman–Crippen LogP) is 2.33. The fraction of sp³-hybridized carbons (Fsp3) is 0.100. The Kier molecular flexibility index (Phi) is 2.10. The minimum Gasteiger partial charge on any atom is -0.423 e. The van der Waals surface area contributed by atoms with Crippen molar-refractivity contribution in [1.29, 1.82) is 0 Å². The Balaban J connectivity index is 2.27. The highest BCUT2D eigenvalue weighted by Crippen LogP contribution is 2.22. The van der Waals surface area contributed by atoms with Gasteiger partial charge in [-0.25, -0.2) is 4.79 Å². The van der Waals surface area contributed by atoms with E-state index in [1.165, 1.54) is 0 Å². The zero-order valence-corrected chi connectivity index (χ0v) is 7.52. The molecule has 2 aromatic rings. The van der Waals surface area contributed by atoms with Gasteiger partial charge in [0.1, 0.15) is 5.75 Å². The molecule has 4 nitrogen and oxygen atoms in total. The standard InChI is InChI=1S/C10H8O4/c1-7-9(14-10(11)12-7)13-8-5-3-2-4-6-8/h2-6H,1H3. The number of hydrogen-bond donors (Lipinski definition) is 0. The second kappa shape index (κ2) is 3.41. The molecule has 2 rings (SSSR count). The average Bonchev–Trinajstić information content (AvgIpc) is 2.47. The second-order valence-corrected chi connectivity index (χ2v) is 2.71. The summed E-state index contributed by atoms with van der Waals surface area (Å²) in [4.78, 5) is 10.7. The van der Waals surface area contributed by atoms with Crippen LogP contribution in [0.4, 0.5) is 0 Å². The van der Waals surface area contributed by atoms with Gasteiger partial charge in [0.2, 0.25) is 0 Å². The van der Waals surface area contributed by atoms with Gasteiger partial charge < -0.3 is 13.6 Å². The average molecular weight is 192 g/mol. The minimum atomic E-state index is -0.756. The highest BCUT2D eigenvalue weighted by Gasteiger charge is 2.09. The number of aryl methyl sites for hydroxylation is 1. The van der Waals surface area contributed by atoms with Crippen LogP contribution in [0.5, 0.6) is 11.7 Å². The minimum absolute atomic E-state index is 0.0983. The van der Waals surface area contributed by atoms with E-state index in [1.54, 1.807) is 19.1 Å². The van der Waals surface area contributed by atoms with E-state index >= 15 is 0 Å². The summed E-state index contributed by atoms with van der Waals surface area (Å²) in [7, 11) is 0. The highest BCUT2D eigenvalue weighted by atomic mass is 16.7. The fourth-order valence-corrected chi connectivity index (χ4v) is 1.02. The van der Waals surface area contributed by atoms with E-state index in [1.807, 2.05) is 18.2 Å². The Morgan fingerprint density at radius 2 is 1.86 bits per heavy atom. The van der Waals surface area contributed by atoms with Gasteiger partial charge in [-0.2, -0.15) is 0 Å². The van der Waals surface area contributed by atoms with Gasteiger partial charge in [0.05, 0.1) is 0 Å². The number of rotatable bonds is 2. The molecule has 0 aliphatic carbocycles. The topological polar surface area (TPSA) is 52.6 Å². The maximum absolute atomic E-state index is 10.7. The molecule has 0 bridgehead atoms. The summed E-state index contributed by atoms with van der Waals surface area (Å²) in [6.45, 7) is 1.60. The van der Waals surface area contributed by atoms with E-state index in [-0.39, 0.29) is 5.95 Å². The third kappa shape index (κ3) is 1.69. The molecule has 1 aromatic carbocycles. The maximum Gasteiger partial charge on any atom is 0.521 e. The lowest BCUT2D eigenvalue weighted by Gasteiger charge is -1.99. The van der Waals surface area contributed by atoms with Gasteiger partial charge in [-0.3, -0.25) is 0 Å². The van der Waals surface area contributed by atoms with Gasteiger partial charge in [-0.1, -0.05) is 18.2 Å². The molecule has 4 heteroatoms. The normalized spacial score (nSPS) is 10.1. The molecule has 0 N–H and O–H groups in total. The van der Waals surface area contributed by atoms with E-state index < -0.39 is 5.82 Å². The van der Waals surface area contributed by atoms with Crippen molar-refractivity contribution in [1.82, 2.24) is 0 Å². The van der Waals surface area contributed by atoms with Crippen LogP contribution in [-0.4, -0.2) is 0 Å². The molecule has 0 radical (unpaired) electrons. The lowest BCUT2D eigenvalue weighted by atomic mass is 10.3. The Labute approximate surface area is 79.7 Å². The molecule has 0 spiro atoms. The molecule has 1 heterocycles. The summed E-state index contributed by atoms with van der Waals surface area (Å²) >= 11 is 0. The molecule has 0 fully saturated rings. The van der Waals surface area contributed by atoms with Crippen molar-refractivity contribution in [2.24, 2.45) is 0 Å². The van der Waals surface area contributed by atoms with Crippen molar-refractivity contribution in [3.8, 4) is 11.7 Å². The van der Waals surface area contributed by atoms with Gasteiger partial charge in [0, 0.05) is 6.92 Å². The Hall–Kier alpha value is -1.97. The summed E-state index contributed by atoms with van der Waals surface area (Å²) in [5.74, 6) is 0.272. The first kappa shape index (κ1) is 8.62. The van der Waals surface area contributed by atoms with E-state index in [0.29, 0.717) is 11.5 Å². The number of ether oxygens (including phenoxy) is 1. The van der Waals surface area contributed by atoms with Gasteiger partial charge >= 0.3 is 11.8 Å². The molecule has 0 saturated heterocycles. The van der Waals surface area contributed by atoms with E-state index in [0.717, 1.165) is 0 Å². The molecule has 0 aliphatic heterocycles. The van der Waals surface area contributed by atoms with Crippen LogP contribution in [0.25, 0.3) is 0 Å². The molecule has 0 amide bonds. The first-order valence-electron chi connectivity index (χ1n) is 4.09. The smallest absolute Gasteiger partial charge is 0.423 e. The molecular formula is C10H8O4. The summed E-state index contributed by atoms with van der Waals surface area (Å²) in [6, 6.07) is 9.02. The summed E-state index contributed by atoms with van der Waals surface area (Å²) in [5.41, 5.74) is 0. The van der Waals surface area contributed by atoms with E-state index in [9.17, 15) is 4.79 Å². The van der Waals surface area contributed by atoms with Gasteiger partial charge in [0.15, 0.2) is 5.76 Å². The molecule has 0 unspecified atom stereocenters. The molecule has 0 aliphatic rings. The number of para-hydroxylation sites is 1. The van der Waals surface area contributed by atoms with Crippen molar-refractivity contribution in [2.45, 2.75) is 6.92 Å². The van der Waals surface area contributed by atoms with Gasteiger partial charge in [-0.15, -0.1) is 0 Å². The largest absolute Gasteiger partial charge is 0.521 e. The van der Waals surface area contributed by atoms with E-state index in [2.05, 4.69) is 8.83 Å². The van der Waals surface area contributed by atoms with Crippen molar-refractivity contribution >= 4 is 0 Å². The molecule has 0 saturated carbocycles. The maximum atomic E-state index is 10.7. The lowest BCUT2D eigenvalue weighted by Crippen LogP contribution is -1.86. The quantitative estimate of drug-likeness (QED) is 0.732. The first-order valence-corrected chi connectivity index (χ1v) is 4.09. The molecule has 14 heavy (non-hydrogen) atoms. The van der Waals surface area contributed by atoms with Crippen LogP contribution in [-0.2, 0) is 0 Å². The Morgan fingerprint density at radius 1 is 1.14 bits per heavy atom. The van der Waals surface area contributed by atoms with Crippen molar-refractivity contribution in [3.05, 3.63) is 46.7 Å². The van der Waals surface area contributed by atoms with Crippen LogP contribution >= 0.6 is 0 Å². The Morgan fingerprint density at radius 3 is 2.43 bits per heavy atom. The zero-order chi connectivity index (χ0) is 9.97. The zero-order valence-electron chi connectivity index (χ0n) is 7.52. The summed E-state index contributed by atoms with van der Waals surface area (Å²) in [6.07, 6.45) is 0. The van der Waals surface area contributed by atoms with Crippen molar-refractivity contribution in [3.63, 3.8) is 0 Å². The third-order valence-electron chi connectivity index (χ3n) is 1.65. The van der Waals surface area contributed by atoms with Crippen molar-refractivity contribution in [2.75, 3.05) is 0 Å². The fourth-order valence-electron chi connectivity index (χ4n) is 1.02. The predicted molar refractivity (Wildman–Crippen MR) is 48.5 cm³/mol. The van der Waals surface area contributed by atoms with Crippen LogP contribution in [0, 0.1) is 6.92 Å². The summed E-state index contributed by atoms with van der Waals surface area (Å²) in [5, 5.41) is 0. The molecular weight excluding hydrogens is 184 g/mol. The number of benzene rings is 1. The molecule has 0 atom stereocenters. The molecule has 1 aromatic heterocycles. The Bertz CT molecular complexity index is 466. The van der Waals surface area contributed by atoms with Gasteiger partial charge in [-0.05, 0) is 12.1 Å². The second-order valence-electron chi connectivity index (χ2n) is 2.71. The SMILES string of the molecule is Cc1oc(=O)oc1Oc1ccccc1. The van der Waals surface area contributed by atoms with Crippen LogP contribution in [0.3, 0.4) is 0 Å².